The number of amides is 1. The number of halogens is 1. The number of carbonyl (C=O) groups excluding carboxylic acids is 1. The van der Waals surface area contributed by atoms with E-state index in [4.69, 9.17) is 20.2 Å². The average molecular weight is 334 g/mol. The maximum Gasteiger partial charge on any atom is 0.410 e. The van der Waals surface area contributed by atoms with Gasteiger partial charge in [0, 0.05) is 17.2 Å². The summed E-state index contributed by atoms with van der Waals surface area (Å²) in [4.78, 5) is 13.4. The molecule has 1 aromatic carbocycles. The van der Waals surface area contributed by atoms with E-state index >= 15 is 0 Å². The van der Waals surface area contributed by atoms with Gasteiger partial charge in [-0.15, -0.1) is 0 Å². The SMILES string of the molecule is O=C(OCc1ccccc1)N1CCO[C@@H](CS(=O)(=O)Cl)C1. The van der Waals surface area contributed by atoms with Crippen LogP contribution in [-0.2, 0) is 25.1 Å². The van der Waals surface area contributed by atoms with Crippen LogP contribution in [0.5, 0.6) is 0 Å². The zero-order chi connectivity index (χ0) is 15.3. The maximum atomic E-state index is 11.9. The van der Waals surface area contributed by atoms with Gasteiger partial charge >= 0.3 is 6.09 Å². The van der Waals surface area contributed by atoms with Gasteiger partial charge < -0.3 is 14.4 Å². The molecule has 0 unspecified atom stereocenters. The molecule has 2 rings (SSSR count). The van der Waals surface area contributed by atoms with Crippen LogP contribution in [0.4, 0.5) is 4.79 Å². The number of nitrogens with zero attached hydrogens (tertiary/aromatic N) is 1. The molecule has 116 valence electrons. The van der Waals surface area contributed by atoms with Gasteiger partial charge in [-0.25, -0.2) is 13.2 Å². The molecule has 0 radical (unpaired) electrons. The van der Waals surface area contributed by atoms with Gasteiger partial charge in [0.15, 0.2) is 0 Å². The molecule has 1 atom stereocenters. The van der Waals surface area contributed by atoms with Crippen molar-refractivity contribution in [1.29, 1.82) is 0 Å². The van der Waals surface area contributed by atoms with Gasteiger partial charge in [-0.2, -0.15) is 0 Å². The van der Waals surface area contributed by atoms with Crippen LogP contribution in [0.15, 0.2) is 30.3 Å². The summed E-state index contributed by atoms with van der Waals surface area (Å²) in [6.45, 7) is 0.957. The van der Waals surface area contributed by atoms with Crippen molar-refractivity contribution in [2.24, 2.45) is 0 Å². The Morgan fingerprint density at radius 2 is 2.10 bits per heavy atom. The van der Waals surface area contributed by atoms with E-state index in [2.05, 4.69) is 0 Å². The Balaban J connectivity index is 1.84. The molecule has 1 aliphatic heterocycles. The Bertz CT molecular complexity index is 577. The van der Waals surface area contributed by atoms with Gasteiger partial charge in [-0.1, -0.05) is 30.3 Å². The number of benzene rings is 1. The summed E-state index contributed by atoms with van der Waals surface area (Å²) in [5.74, 6) is -0.322. The first-order valence-corrected chi connectivity index (χ1v) is 8.91. The highest BCUT2D eigenvalue weighted by Crippen LogP contribution is 2.12. The highest BCUT2D eigenvalue weighted by atomic mass is 35.7. The molecule has 1 amide bonds. The van der Waals surface area contributed by atoms with Crippen molar-refractivity contribution in [3.63, 3.8) is 0 Å². The lowest BCUT2D eigenvalue weighted by Gasteiger charge is -2.31. The summed E-state index contributed by atoms with van der Waals surface area (Å²) in [6.07, 6.45) is -1.11. The van der Waals surface area contributed by atoms with Gasteiger partial charge in [-0.05, 0) is 5.56 Å². The van der Waals surface area contributed by atoms with Crippen LogP contribution in [0, 0.1) is 0 Å². The van der Waals surface area contributed by atoms with E-state index in [1.807, 2.05) is 30.3 Å². The number of rotatable bonds is 4. The molecule has 21 heavy (non-hydrogen) atoms. The van der Waals surface area contributed by atoms with Crippen molar-refractivity contribution in [2.45, 2.75) is 12.7 Å². The van der Waals surface area contributed by atoms with Gasteiger partial charge in [0.25, 0.3) is 0 Å². The van der Waals surface area contributed by atoms with Crippen molar-refractivity contribution in [2.75, 3.05) is 25.4 Å². The molecule has 0 aromatic heterocycles. The van der Waals surface area contributed by atoms with E-state index in [1.54, 1.807) is 0 Å². The Hall–Kier alpha value is -1.31. The first kappa shape index (κ1) is 16.1. The third kappa shape index (κ3) is 5.53. The van der Waals surface area contributed by atoms with E-state index in [9.17, 15) is 13.2 Å². The topological polar surface area (TPSA) is 72.9 Å². The number of hydrogen-bond acceptors (Lipinski definition) is 5. The monoisotopic (exact) mass is 333 g/mol. The highest BCUT2D eigenvalue weighted by molar-refractivity contribution is 8.13. The quantitative estimate of drug-likeness (QED) is 0.782. The molecule has 1 saturated heterocycles. The third-order valence-electron chi connectivity index (χ3n) is 2.99. The zero-order valence-corrected chi connectivity index (χ0v) is 12.8. The number of morpholine rings is 1. The Kier molecular flexibility index (Phi) is 5.44. The molecule has 1 aromatic rings. The standard InChI is InChI=1S/C13H16ClNO5S/c14-21(17,18)10-12-8-15(6-7-19-12)13(16)20-9-11-4-2-1-3-5-11/h1-5,12H,6-10H2/t12-/m1/s1. The van der Waals surface area contributed by atoms with E-state index < -0.39 is 21.2 Å². The smallest absolute Gasteiger partial charge is 0.410 e. The van der Waals surface area contributed by atoms with Crippen LogP contribution >= 0.6 is 10.7 Å². The summed E-state index contributed by atoms with van der Waals surface area (Å²) in [5, 5.41) is 0. The largest absolute Gasteiger partial charge is 0.445 e. The lowest BCUT2D eigenvalue weighted by molar-refractivity contribution is -0.0176. The molecule has 0 N–H and O–H groups in total. The molecular weight excluding hydrogens is 318 g/mol. The fraction of sp³-hybridized carbons (Fsp3) is 0.462. The first-order valence-electron chi connectivity index (χ1n) is 6.43. The van der Waals surface area contributed by atoms with Crippen LogP contribution in [-0.4, -0.2) is 51.0 Å². The summed E-state index contributed by atoms with van der Waals surface area (Å²) in [6, 6.07) is 9.31. The van der Waals surface area contributed by atoms with Crippen molar-refractivity contribution in [3.8, 4) is 0 Å². The number of carbonyl (C=O) groups is 1. The molecular formula is C13H16ClNO5S. The van der Waals surface area contributed by atoms with Crippen LogP contribution < -0.4 is 0 Å². The Morgan fingerprint density at radius 3 is 2.76 bits per heavy atom. The fourth-order valence-electron chi connectivity index (χ4n) is 2.02. The van der Waals surface area contributed by atoms with Crippen molar-refractivity contribution < 1.29 is 22.7 Å². The number of ether oxygens (including phenoxy) is 2. The van der Waals surface area contributed by atoms with Gasteiger partial charge in [0.1, 0.15) is 6.61 Å². The summed E-state index contributed by atoms with van der Waals surface area (Å²) in [5.41, 5.74) is 0.888. The molecule has 0 saturated carbocycles. The van der Waals surface area contributed by atoms with Gasteiger partial charge in [-0.3, -0.25) is 0 Å². The molecule has 0 spiro atoms. The first-order chi connectivity index (χ1) is 9.94. The second-order valence-electron chi connectivity index (χ2n) is 4.68. The minimum Gasteiger partial charge on any atom is -0.445 e. The summed E-state index contributed by atoms with van der Waals surface area (Å²) in [7, 11) is 1.53. The van der Waals surface area contributed by atoms with Crippen LogP contribution in [0.3, 0.4) is 0 Å². The van der Waals surface area contributed by atoms with E-state index in [0.717, 1.165) is 5.56 Å². The van der Waals surface area contributed by atoms with E-state index in [-0.39, 0.29) is 25.5 Å². The second kappa shape index (κ2) is 7.11. The second-order valence-corrected chi connectivity index (χ2v) is 7.51. The van der Waals surface area contributed by atoms with E-state index in [1.165, 1.54) is 4.90 Å². The molecule has 8 heteroatoms. The molecule has 1 aliphatic rings. The number of hydrogen-bond donors (Lipinski definition) is 0. The minimum atomic E-state index is -3.66. The zero-order valence-electron chi connectivity index (χ0n) is 11.3. The maximum absolute atomic E-state index is 11.9. The third-order valence-corrected chi connectivity index (χ3v) is 4.13. The van der Waals surface area contributed by atoms with Gasteiger partial charge in [0.05, 0.1) is 25.0 Å². The molecule has 0 aliphatic carbocycles. The molecule has 6 nitrogen and oxygen atoms in total. The predicted molar refractivity (Wildman–Crippen MR) is 77.6 cm³/mol. The van der Waals surface area contributed by atoms with Crippen LogP contribution in [0.2, 0.25) is 0 Å². The van der Waals surface area contributed by atoms with E-state index in [0.29, 0.717) is 6.54 Å². The molecule has 0 bridgehead atoms. The highest BCUT2D eigenvalue weighted by Gasteiger charge is 2.28. The Labute approximate surface area is 128 Å². The van der Waals surface area contributed by atoms with Crippen LogP contribution in [0.25, 0.3) is 0 Å². The summed E-state index contributed by atoms with van der Waals surface area (Å²) >= 11 is 0. The summed E-state index contributed by atoms with van der Waals surface area (Å²) < 4.78 is 32.6. The van der Waals surface area contributed by atoms with Crippen molar-refractivity contribution in [3.05, 3.63) is 35.9 Å². The van der Waals surface area contributed by atoms with Crippen molar-refractivity contribution in [1.82, 2.24) is 4.90 Å². The lowest BCUT2D eigenvalue weighted by atomic mass is 10.2. The molecule has 1 heterocycles. The minimum absolute atomic E-state index is 0.152. The van der Waals surface area contributed by atoms with Crippen LogP contribution in [0.1, 0.15) is 5.56 Å². The van der Waals surface area contributed by atoms with Crippen molar-refractivity contribution >= 4 is 25.8 Å². The Morgan fingerprint density at radius 1 is 1.38 bits per heavy atom. The van der Waals surface area contributed by atoms with Gasteiger partial charge in [0.2, 0.25) is 9.05 Å². The molecule has 1 fully saturated rings. The normalized spacial score (nSPS) is 19.3. The predicted octanol–water partition coefficient (Wildman–Crippen LogP) is 1.59. The lowest BCUT2D eigenvalue weighted by Crippen LogP contribution is -2.47. The average Bonchev–Trinajstić information content (AvgIpc) is 2.44. The fourth-order valence-corrected chi connectivity index (χ4v) is 3.09.